The van der Waals surface area contributed by atoms with Gasteiger partial charge in [-0.15, -0.1) is 11.3 Å². The van der Waals surface area contributed by atoms with E-state index in [9.17, 15) is 0 Å². The predicted octanol–water partition coefficient (Wildman–Crippen LogP) is 3.71. The van der Waals surface area contributed by atoms with Crippen LogP contribution in [0.4, 0.5) is 5.82 Å². The number of piperidine rings is 1. The predicted molar refractivity (Wildman–Crippen MR) is 90.7 cm³/mol. The monoisotopic (exact) mass is 315 g/mol. The zero-order valence-electron chi connectivity index (χ0n) is 13.1. The normalized spacial score (nSPS) is 21.4. The third kappa shape index (κ3) is 2.42. The lowest BCUT2D eigenvalue weighted by molar-refractivity contribution is -0.0326. The highest BCUT2D eigenvalue weighted by Crippen LogP contribution is 2.36. The van der Waals surface area contributed by atoms with Crippen molar-refractivity contribution in [2.24, 2.45) is 0 Å². The first-order chi connectivity index (χ1) is 10.7. The van der Waals surface area contributed by atoms with Crippen molar-refractivity contribution >= 4 is 27.4 Å². The molecule has 1 spiro atoms. The van der Waals surface area contributed by atoms with Gasteiger partial charge in [-0.2, -0.15) is 0 Å². The molecule has 0 aliphatic carbocycles. The Kier molecular flexibility index (Phi) is 3.42. The van der Waals surface area contributed by atoms with E-state index in [2.05, 4.69) is 34.3 Å². The lowest BCUT2D eigenvalue weighted by Gasteiger charge is -2.42. The Morgan fingerprint density at radius 1 is 1.23 bits per heavy atom. The topological polar surface area (TPSA) is 38.2 Å². The van der Waals surface area contributed by atoms with Crippen molar-refractivity contribution in [3.8, 4) is 0 Å². The van der Waals surface area contributed by atoms with Gasteiger partial charge in [-0.1, -0.05) is 11.6 Å². The lowest BCUT2D eigenvalue weighted by atomic mass is 9.87. The number of hydrogen-bond acceptors (Lipinski definition) is 5. The summed E-state index contributed by atoms with van der Waals surface area (Å²) < 4.78 is 7.33. The highest BCUT2D eigenvalue weighted by atomic mass is 32.1. The zero-order chi connectivity index (χ0) is 15.2. The Morgan fingerprint density at radius 2 is 2.05 bits per heavy atom. The molecule has 0 N–H and O–H groups in total. The Balaban J connectivity index is 1.61. The third-order valence-electron chi connectivity index (χ3n) is 4.70. The zero-order valence-corrected chi connectivity index (χ0v) is 13.9. The minimum Gasteiger partial charge on any atom is -0.370 e. The Bertz CT molecular complexity index is 729. The molecule has 0 bridgehead atoms. The Hall–Kier alpha value is -1.46. The molecule has 2 aromatic rings. The standard InChI is InChI=1S/C17H21N3OS/c1-12-3-9-21-17(11-12)5-7-20(8-6-17)16-15-14(4-10-22-15)18-13(2)19-16/h4,10-11H,3,5-9H2,1-2H3. The number of thiophene rings is 1. The molecule has 0 saturated carbocycles. The highest BCUT2D eigenvalue weighted by Gasteiger charge is 2.36. The van der Waals surface area contributed by atoms with E-state index < -0.39 is 0 Å². The van der Waals surface area contributed by atoms with Crippen LogP contribution in [0.3, 0.4) is 0 Å². The average Bonchev–Trinajstić information content (AvgIpc) is 2.95. The summed E-state index contributed by atoms with van der Waals surface area (Å²) in [4.78, 5) is 11.6. The second-order valence-electron chi connectivity index (χ2n) is 6.37. The number of fused-ring (bicyclic) bond motifs is 1. The molecule has 0 atom stereocenters. The van der Waals surface area contributed by atoms with Crippen LogP contribution in [0.1, 0.15) is 32.0 Å². The fraction of sp³-hybridized carbons (Fsp3) is 0.529. The van der Waals surface area contributed by atoms with Crippen molar-refractivity contribution in [2.45, 2.75) is 38.7 Å². The van der Waals surface area contributed by atoms with E-state index in [4.69, 9.17) is 9.72 Å². The second-order valence-corrected chi connectivity index (χ2v) is 7.29. The molecule has 2 aromatic heterocycles. The van der Waals surface area contributed by atoms with Crippen LogP contribution in [-0.4, -0.2) is 35.3 Å². The van der Waals surface area contributed by atoms with Gasteiger partial charge < -0.3 is 9.64 Å². The summed E-state index contributed by atoms with van der Waals surface area (Å²) in [5.41, 5.74) is 2.51. The van der Waals surface area contributed by atoms with E-state index in [-0.39, 0.29) is 5.60 Å². The van der Waals surface area contributed by atoms with E-state index in [1.54, 1.807) is 11.3 Å². The molecule has 0 unspecified atom stereocenters. The molecule has 22 heavy (non-hydrogen) atoms. The molecule has 1 saturated heterocycles. The smallest absolute Gasteiger partial charge is 0.150 e. The van der Waals surface area contributed by atoms with Gasteiger partial charge in [0.2, 0.25) is 0 Å². The minimum absolute atomic E-state index is 0.0323. The van der Waals surface area contributed by atoms with Crippen LogP contribution >= 0.6 is 11.3 Å². The maximum Gasteiger partial charge on any atom is 0.150 e. The van der Waals surface area contributed by atoms with Crippen LogP contribution in [0.25, 0.3) is 10.2 Å². The fourth-order valence-electron chi connectivity index (χ4n) is 3.54. The number of rotatable bonds is 1. The van der Waals surface area contributed by atoms with Crippen LogP contribution in [0.5, 0.6) is 0 Å². The van der Waals surface area contributed by atoms with Crippen LogP contribution in [0, 0.1) is 6.92 Å². The van der Waals surface area contributed by atoms with E-state index in [0.717, 1.165) is 56.1 Å². The largest absolute Gasteiger partial charge is 0.370 e. The number of hydrogen-bond donors (Lipinski definition) is 0. The van der Waals surface area contributed by atoms with Crippen molar-refractivity contribution < 1.29 is 4.74 Å². The molecule has 2 aliphatic rings. The van der Waals surface area contributed by atoms with Crippen LogP contribution in [-0.2, 0) is 4.74 Å². The molecule has 5 heteroatoms. The van der Waals surface area contributed by atoms with Gasteiger partial charge in [0.25, 0.3) is 0 Å². The van der Waals surface area contributed by atoms with E-state index in [1.807, 2.05) is 6.92 Å². The van der Waals surface area contributed by atoms with Crippen molar-refractivity contribution in [2.75, 3.05) is 24.6 Å². The van der Waals surface area contributed by atoms with Crippen molar-refractivity contribution in [3.63, 3.8) is 0 Å². The number of anilines is 1. The number of nitrogens with zero attached hydrogens (tertiary/aromatic N) is 3. The molecule has 4 nitrogen and oxygen atoms in total. The van der Waals surface area contributed by atoms with E-state index in [0.29, 0.717) is 0 Å². The van der Waals surface area contributed by atoms with Gasteiger partial charge in [0, 0.05) is 13.1 Å². The summed E-state index contributed by atoms with van der Waals surface area (Å²) in [6.07, 6.45) is 5.52. The third-order valence-corrected chi connectivity index (χ3v) is 5.60. The van der Waals surface area contributed by atoms with Gasteiger partial charge in [-0.3, -0.25) is 0 Å². The first-order valence-corrected chi connectivity index (χ1v) is 8.82. The molecule has 0 amide bonds. The van der Waals surface area contributed by atoms with Gasteiger partial charge in [-0.25, -0.2) is 9.97 Å². The summed E-state index contributed by atoms with van der Waals surface area (Å²) in [5.74, 6) is 1.95. The van der Waals surface area contributed by atoms with Crippen molar-refractivity contribution in [1.29, 1.82) is 0 Å². The first-order valence-electron chi connectivity index (χ1n) is 7.94. The van der Waals surface area contributed by atoms with Gasteiger partial charge in [0.1, 0.15) is 11.6 Å². The Morgan fingerprint density at radius 3 is 2.82 bits per heavy atom. The first kappa shape index (κ1) is 14.2. The molecular formula is C17H21N3OS. The van der Waals surface area contributed by atoms with Crippen LogP contribution in [0.15, 0.2) is 23.1 Å². The average molecular weight is 315 g/mol. The van der Waals surface area contributed by atoms with Gasteiger partial charge in [0.15, 0.2) is 0 Å². The molecule has 2 aliphatic heterocycles. The van der Waals surface area contributed by atoms with Gasteiger partial charge >= 0.3 is 0 Å². The number of aromatic nitrogens is 2. The summed E-state index contributed by atoms with van der Waals surface area (Å²) in [6.45, 7) is 7.05. The summed E-state index contributed by atoms with van der Waals surface area (Å²) in [6, 6.07) is 2.08. The fourth-order valence-corrected chi connectivity index (χ4v) is 4.39. The summed E-state index contributed by atoms with van der Waals surface area (Å²) >= 11 is 1.73. The highest BCUT2D eigenvalue weighted by molar-refractivity contribution is 7.17. The maximum absolute atomic E-state index is 6.12. The number of aryl methyl sites for hydroxylation is 1. The molecule has 4 rings (SSSR count). The van der Waals surface area contributed by atoms with Crippen LogP contribution < -0.4 is 4.90 Å². The second kappa shape index (κ2) is 5.32. The molecule has 4 heterocycles. The molecular weight excluding hydrogens is 294 g/mol. The van der Waals surface area contributed by atoms with Crippen molar-refractivity contribution in [1.82, 2.24) is 9.97 Å². The lowest BCUT2D eigenvalue weighted by Crippen LogP contribution is -2.46. The quantitative estimate of drug-likeness (QED) is 0.752. The molecule has 116 valence electrons. The molecule has 1 fully saturated rings. The van der Waals surface area contributed by atoms with Crippen LogP contribution in [0.2, 0.25) is 0 Å². The van der Waals surface area contributed by atoms with Gasteiger partial charge in [-0.05, 0) is 44.6 Å². The summed E-state index contributed by atoms with van der Waals surface area (Å²) in [5, 5.41) is 2.10. The van der Waals surface area contributed by atoms with E-state index in [1.165, 1.54) is 10.3 Å². The Labute approximate surface area is 134 Å². The molecule has 0 aromatic carbocycles. The molecule has 0 radical (unpaired) electrons. The van der Waals surface area contributed by atoms with Gasteiger partial charge in [0.05, 0.1) is 22.4 Å². The van der Waals surface area contributed by atoms with Crippen molar-refractivity contribution in [3.05, 3.63) is 28.9 Å². The maximum atomic E-state index is 6.12. The van der Waals surface area contributed by atoms with E-state index >= 15 is 0 Å². The SMILES string of the molecule is CC1=CC2(CCN(c3nc(C)nc4ccsc34)CC2)OCC1. The summed E-state index contributed by atoms with van der Waals surface area (Å²) in [7, 11) is 0. The number of ether oxygens (including phenoxy) is 1. The minimum atomic E-state index is -0.0323.